The average molecular weight is 431 g/mol. The summed E-state index contributed by atoms with van der Waals surface area (Å²) in [7, 11) is 0. The number of hydrogen-bond donors (Lipinski definition) is 0. The van der Waals surface area contributed by atoms with E-state index in [1.165, 1.54) is 28.6 Å². The second kappa shape index (κ2) is 8.07. The molecule has 3 heterocycles. The first-order valence-corrected chi connectivity index (χ1v) is 10.3. The summed E-state index contributed by atoms with van der Waals surface area (Å²) in [5.74, 6) is 0.426. The number of nitrogens with zero attached hydrogens (tertiary/aromatic N) is 7. The Kier molecular flexibility index (Phi) is 4.97. The zero-order chi connectivity index (χ0) is 21.2. The molecular formula is C21H14FN7OS. The second-order valence-corrected chi connectivity index (χ2v) is 7.45. The molecule has 2 aromatic carbocycles. The molecule has 0 atom stereocenters. The van der Waals surface area contributed by atoms with Crippen molar-refractivity contribution < 1.29 is 4.39 Å². The Morgan fingerprint density at radius 1 is 0.903 bits per heavy atom. The van der Waals surface area contributed by atoms with Gasteiger partial charge in [0.1, 0.15) is 11.3 Å². The van der Waals surface area contributed by atoms with Gasteiger partial charge < -0.3 is 0 Å². The van der Waals surface area contributed by atoms with Crippen LogP contribution in [-0.4, -0.2) is 34.7 Å². The van der Waals surface area contributed by atoms with E-state index in [9.17, 15) is 9.18 Å². The van der Waals surface area contributed by atoms with Crippen LogP contribution in [-0.2, 0) is 5.88 Å². The fourth-order valence-corrected chi connectivity index (χ4v) is 3.93. The molecule has 0 aliphatic heterocycles. The molecule has 0 fully saturated rings. The number of rotatable bonds is 5. The van der Waals surface area contributed by atoms with E-state index in [-0.39, 0.29) is 17.3 Å². The smallest absolute Gasteiger partial charge is 0.270 e. The summed E-state index contributed by atoms with van der Waals surface area (Å²) in [4.78, 5) is 16.8. The van der Waals surface area contributed by atoms with Crippen LogP contribution < -0.4 is 5.56 Å². The Balaban J connectivity index is 1.54. The van der Waals surface area contributed by atoms with E-state index in [4.69, 9.17) is 0 Å². The first-order chi connectivity index (χ1) is 15.2. The van der Waals surface area contributed by atoms with Gasteiger partial charge in [0, 0.05) is 23.6 Å². The zero-order valence-corrected chi connectivity index (χ0v) is 16.8. The van der Waals surface area contributed by atoms with Crippen LogP contribution in [0.15, 0.2) is 83.0 Å². The van der Waals surface area contributed by atoms with Crippen molar-refractivity contribution in [2.24, 2.45) is 0 Å². The minimum absolute atomic E-state index is 0.187. The third kappa shape index (κ3) is 3.68. The molecule has 0 radical (unpaired) electrons. The zero-order valence-electron chi connectivity index (χ0n) is 16.0. The Labute approximate surface area is 179 Å². The van der Waals surface area contributed by atoms with E-state index in [1.807, 2.05) is 12.1 Å². The molecule has 5 aromatic rings. The molecule has 5 rings (SSSR count). The van der Waals surface area contributed by atoms with E-state index in [2.05, 4.69) is 25.5 Å². The summed E-state index contributed by atoms with van der Waals surface area (Å²) < 4.78 is 16.6. The van der Waals surface area contributed by atoms with Gasteiger partial charge in [-0.1, -0.05) is 29.1 Å². The highest BCUT2D eigenvalue weighted by Crippen LogP contribution is 2.28. The van der Waals surface area contributed by atoms with Crippen LogP contribution in [0.5, 0.6) is 0 Å². The quantitative estimate of drug-likeness (QED) is 0.394. The lowest BCUT2D eigenvalue weighted by atomic mass is 10.2. The molecule has 31 heavy (non-hydrogen) atoms. The molecule has 0 saturated carbocycles. The number of benzene rings is 2. The number of hydrogen-bond acceptors (Lipinski definition) is 7. The molecule has 0 saturated heterocycles. The number of fused-ring (bicyclic) bond motifs is 1. The van der Waals surface area contributed by atoms with Crippen molar-refractivity contribution in [2.45, 2.75) is 11.0 Å². The van der Waals surface area contributed by atoms with Crippen LogP contribution in [0.3, 0.4) is 0 Å². The molecule has 3 aromatic heterocycles. The van der Waals surface area contributed by atoms with Crippen LogP contribution in [0.4, 0.5) is 4.39 Å². The topological polar surface area (TPSA) is 91.4 Å². The summed E-state index contributed by atoms with van der Waals surface area (Å²) in [6.45, 7) is 0. The monoisotopic (exact) mass is 431 g/mol. The maximum Gasteiger partial charge on any atom is 0.278 e. The molecule has 152 valence electrons. The van der Waals surface area contributed by atoms with Crippen LogP contribution in [0.1, 0.15) is 0 Å². The van der Waals surface area contributed by atoms with E-state index >= 15 is 0 Å². The van der Waals surface area contributed by atoms with Gasteiger partial charge in [0.15, 0.2) is 11.0 Å². The lowest BCUT2D eigenvalue weighted by Gasteiger charge is -2.10. The van der Waals surface area contributed by atoms with Gasteiger partial charge >= 0.3 is 0 Å². The molecule has 0 aliphatic carbocycles. The van der Waals surface area contributed by atoms with Crippen molar-refractivity contribution >= 4 is 22.7 Å². The molecule has 0 aliphatic rings. The van der Waals surface area contributed by atoms with Gasteiger partial charge in [0.05, 0.1) is 11.3 Å². The van der Waals surface area contributed by atoms with Crippen LogP contribution in [0.2, 0.25) is 0 Å². The van der Waals surface area contributed by atoms with Crippen LogP contribution in [0, 0.1) is 5.82 Å². The Hall–Kier alpha value is -3.92. The van der Waals surface area contributed by atoms with E-state index in [1.54, 1.807) is 53.4 Å². The highest BCUT2D eigenvalue weighted by atomic mass is 32.2. The predicted octanol–water partition coefficient (Wildman–Crippen LogP) is 3.32. The number of halogens is 1. The minimum atomic E-state index is -0.338. The standard InChI is InChI=1S/C21H14FN7OS/c22-15-5-7-16(8-6-15)29-19(14-9-11-23-12-10-14)25-26-21(29)31-13-28-20(30)17-3-1-2-4-18(17)24-27-28/h1-12H,13H2. The molecule has 0 spiro atoms. The summed E-state index contributed by atoms with van der Waals surface area (Å²) in [5.41, 5.74) is 1.81. The molecule has 10 heteroatoms. The summed E-state index contributed by atoms with van der Waals surface area (Å²) in [6.07, 6.45) is 3.33. The Morgan fingerprint density at radius 2 is 1.68 bits per heavy atom. The lowest BCUT2D eigenvalue weighted by Crippen LogP contribution is -2.23. The average Bonchev–Trinajstić information content (AvgIpc) is 3.24. The van der Waals surface area contributed by atoms with Crippen molar-refractivity contribution in [3.05, 3.63) is 89.2 Å². The fourth-order valence-electron chi connectivity index (χ4n) is 3.10. The van der Waals surface area contributed by atoms with Gasteiger partial charge in [-0.15, -0.1) is 15.3 Å². The molecular weight excluding hydrogens is 417 g/mol. The van der Waals surface area contributed by atoms with Crippen molar-refractivity contribution in [2.75, 3.05) is 0 Å². The van der Waals surface area contributed by atoms with Gasteiger partial charge in [0.25, 0.3) is 5.56 Å². The molecule has 8 nitrogen and oxygen atoms in total. The summed E-state index contributed by atoms with van der Waals surface area (Å²) in [5, 5.41) is 17.8. The summed E-state index contributed by atoms with van der Waals surface area (Å²) in [6, 6.07) is 16.7. The number of aromatic nitrogens is 7. The highest BCUT2D eigenvalue weighted by molar-refractivity contribution is 7.98. The van der Waals surface area contributed by atoms with Gasteiger partial charge in [0.2, 0.25) is 0 Å². The van der Waals surface area contributed by atoms with Gasteiger partial charge in [-0.3, -0.25) is 14.3 Å². The largest absolute Gasteiger partial charge is 0.278 e. The van der Waals surface area contributed by atoms with Crippen LogP contribution >= 0.6 is 11.8 Å². The molecule has 0 N–H and O–H groups in total. The van der Waals surface area contributed by atoms with Crippen molar-refractivity contribution in [1.82, 2.24) is 34.7 Å². The fraction of sp³-hybridized carbons (Fsp3) is 0.0476. The van der Waals surface area contributed by atoms with E-state index < -0.39 is 0 Å². The van der Waals surface area contributed by atoms with Gasteiger partial charge in [-0.05, 0) is 48.5 Å². The highest BCUT2D eigenvalue weighted by Gasteiger charge is 2.17. The third-order valence-corrected chi connectivity index (χ3v) is 5.50. The summed E-state index contributed by atoms with van der Waals surface area (Å²) >= 11 is 1.28. The first-order valence-electron chi connectivity index (χ1n) is 9.28. The Bertz CT molecular complexity index is 1420. The predicted molar refractivity (Wildman–Crippen MR) is 114 cm³/mol. The molecule has 0 bridgehead atoms. The van der Waals surface area contributed by atoms with Crippen LogP contribution in [0.25, 0.3) is 28.0 Å². The normalized spacial score (nSPS) is 11.1. The van der Waals surface area contributed by atoms with Crippen molar-refractivity contribution in [1.29, 1.82) is 0 Å². The maximum atomic E-state index is 13.5. The third-order valence-electron chi connectivity index (χ3n) is 4.60. The van der Waals surface area contributed by atoms with Gasteiger partial charge in [-0.2, -0.15) is 4.68 Å². The Morgan fingerprint density at radius 3 is 2.48 bits per heavy atom. The van der Waals surface area contributed by atoms with E-state index in [0.717, 1.165) is 5.56 Å². The molecule has 0 unspecified atom stereocenters. The van der Waals surface area contributed by atoms with E-state index in [0.29, 0.717) is 27.6 Å². The SMILES string of the molecule is O=c1c2ccccc2nnn1CSc1nnc(-c2ccncc2)n1-c1ccc(F)cc1. The first kappa shape index (κ1) is 19.1. The maximum absolute atomic E-state index is 13.5. The second-order valence-electron chi connectivity index (χ2n) is 6.54. The van der Waals surface area contributed by atoms with Crippen molar-refractivity contribution in [3.63, 3.8) is 0 Å². The lowest BCUT2D eigenvalue weighted by molar-refractivity contribution is 0.627. The molecule has 0 amide bonds. The minimum Gasteiger partial charge on any atom is -0.270 e. The van der Waals surface area contributed by atoms with Crippen molar-refractivity contribution in [3.8, 4) is 17.1 Å². The number of thioether (sulfide) groups is 1. The number of pyridine rings is 1. The van der Waals surface area contributed by atoms with Gasteiger partial charge in [-0.25, -0.2) is 4.39 Å².